The fourth-order valence-electron chi connectivity index (χ4n) is 3.99. The standard InChI is InChI=1S/C24H21NO5S/c1-31(27,28)20-4-2-3-16(11-20)17-5-7-19(25-14-17)13-23(26)24(9-10-24)18-6-8-21-22(12-18)30-15-29-21/h2-8,11-12,14H,9-10,13,15H2,1H3. The minimum absolute atomic E-state index is 0.144. The van der Waals surface area contributed by atoms with Gasteiger partial charge in [-0.2, -0.15) is 0 Å². The molecule has 2 aliphatic rings. The Morgan fingerprint density at radius 2 is 1.81 bits per heavy atom. The number of carbonyl (C=O) groups is 1. The molecule has 6 nitrogen and oxygen atoms in total. The summed E-state index contributed by atoms with van der Waals surface area (Å²) >= 11 is 0. The summed E-state index contributed by atoms with van der Waals surface area (Å²) in [6.45, 7) is 0.211. The number of benzene rings is 2. The Kier molecular flexibility index (Phi) is 4.59. The highest BCUT2D eigenvalue weighted by Gasteiger charge is 2.50. The maximum absolute atomic E-state index is 13.1. The predicted molar refractivity (Wildman–Crippen MR) is 115 cm³/mol. The summed E-state index contributed by atoms with van der Waals surface area (Å²) in [5.41, 5.74) is 2.77. The molecule has 0 spiro atoms. The van der Waals surface area contributed by atoms with E-state index >= 15 is 0 Å². The monoisotopic (exact) mass is 435 g/mol. The highest BCUT2D eigenvalue weighted by atomic mass is 32.2. The van der Waals surface area contributed by atoms with Crippen LogP contribution in [0.25, 0.3) is 11.1 Å². The first-order valence-electron chi connectivity index (χ1n) is 10.0. The summed E-state index contributed by atoms with van der Waals surface area (Å²) in [7, 11) is -3.28. The molecule has 2 aromatic carbocycles. The zero-order valence-corrected chi connectivity index (χ0v) is 17.8. The average Bonchev–Trinajstić information content (AvgIpc) is 3.45. The number of nitrogens with zero attached hydrogens (tertiary/aromatic N) is 1. The topological polar surface area (TPSA) is 82.6 Å². The van der Waals surface area contributed by atoms with Crippen molar-refractivity contribution in [2.45, 2.75) is 29.6 Å². The fourth-order valence-corrected chi connectivity index (χ4v) is 4.65. The Labute approximate surface area is 180 Å². The fraction of sp³-hybridized carbons (Fsp3) is 0.250. The second kappa shape index (κ2) is 7.20. The lowest BCUT2D eigenvalue weighted by molar-refractivity contribution is -0.120. The second-order valence-corrected chi connectivity index (χ2v) is 10.1. The van der Waals surface area contributed by atoms with Crippen LogP contribution < -0.4 is 9.47 Å². The molecular weight excluding hydrogens is 414 g/mol. The SMILES string of the molecule is CS(=O)(=O)c1cccc(-c2ccc(CC(=O)C3(c4ccc5c(c4)OCO5)CC3)nc2)c1. The minimum Gasteiger partial charge on any atom is -0.454 e. The maximum atomic E-state index is 13.1. The van der Waals surface area contributed by atoms with Gasteiger partial charge in [0, 0.05) is 30.1 Å². The molecule has 1 fully saturated rings. The highest BCUT2D eigenvalue weighted by molar-refractivity contribution is 7.90. The highest BCUT2D eigenvalue weighted by Crippen LogP contribution is 2.51. The van der Waals surface area contributed by atoms with E-state index in [1.807, 2.05) is 36.4 Å². The van der Waals surface area contributed by atoms with Crippen molar-refractivity contribution >= 4 is 15.6 Å². The van der Waals surface area contributed by atoms with Crippen LogP contribution in [0.3, 0.4) is 0 Å². The summed E-state index contributed by atoms with van der Waals surface area (Å²) in [6.07, 6.45) is 4.76. The Morgan fingerprint density at radius 3 is 2.52 bits per heavy atom. The number of pyridine rings is 1. The quantitative estimate of drug-likeness (QED) is 0.587. The molecule has 0 atom stereocenters. The van der Waals surface area contributed by atoms with Gasteiger partial charge in [-0.1, -0.05) is 24.3 Å². The van der Waals surface area contributed by atoms with E-state index in [1.54, 1.807) is 24.4 Å². The third-order valence-electron chi connectivity index (χ3n) is 5.97. The van der Waals surface area contributed by atoms with Crippen molar-refractivity contribution in [1.29, 1.82) is 0 Å². The molecule has 3 aromatic rings. The Hall–Kier alpha value is -3.19. The summed E-state index contributed by atoms with van der Waals surface area (Å²) in [4.78, 5) is 17.9. The number of aromatic nitrogens is 1. The Bertz CT molecular complexity index is 1280. The van der Waals surface area contributed by atoms with Crippen molar-refractivity contribution in [3.63, 3.8) is 0 Å². The molecule has 1 aliphatic heterocycles. The third-order valence-corrected chi connectivity index (χ3v) is 7.08. The molecule has 158 valence electrons. The molecule has 0 bridgehead atoms. The van der Waals surface area contributed by atoms with Gasteiger partial charge >= 0.3 is 0 Å². The van der Waals surface area contributed by atoms with Gasteiger partial charge in [-0.25, -0.2) is 8.42 Å². The normalized spacial score (nSPS) is 16.2. The van der Waals surface area contributed by atoms with Crippen molar-refractivity contribution in [2.24, 2.45) is 0 Å². The van der Waals surface area contributed by atoms with Crippen LogP contribution >= 0.6 is 0 Å². The maximum Gasteiger partial charge on any atom is 0.231 e. The van der Waals surface area contributed by atoms with Crippen molar-refractivity contribution in [1.82, 2.24) is 4.98 Å². The molecule has 2 heterocycles. The molecule has 1 aromatic heterocycles. The molecule has 5 rings (SSSR count). The number of carbonyl (C=O) groups excluding carboxylic acids is 1. The van der Waals surface area contributed by atoms with Gasteiger partial charge in [-0.05, 0) is 54.3 Å². The van der Waals surface area contributed by atoms with E-state index in [0.717, 1.165) is 29.5 Å². The van der Waals surface area contributed by atoms with Crippen LogP contribution in [0.2, 0.25) is 0 Å². The van der Waals surface area contributed by atoms with Crippen LogP contribution in [0.4, 0.5) is 0 Å². The molecule has 0 amide bonds. The molecule has 7 heteroatoms. The van der Waals surface area contributed by atoms with Crippen LogP contribution in [-0.4, -0.2) is 32.2 Å². The summed E-state index contributed by atoms with van der Waals surface area (Å²) in [5.74, 6) is 1.55. The Balaban J connectivity index is 1.34. The lowest BCUT2D eigenvalue weighted by atomic mass is 9.88. The zero-order valence-electron chi connectivity index (χ0n) is 17.0. The molecule has 0 saturated heterocycles. The number of rotatable bonds is 6. The van der Waals surface area contributed by atoms with Crippen molar-refractivity contribution in [3.8, 4) is 22.6 Å². The lowest BCUT2D eigenvalue weighted by Gasteiger charge is -2.15. The van der Waals surface area contributed by atoms with Gasteiger partial charge in [-0.3, -0.25) is 9.78 Å². The molecular formula is C24H21NO5S. The van der Waals surface area contributed by atoms with Crippen molar-refractivity contribution in [2.75, 3.05) is 13.0 Å². The van der Waals surface area contributed by atoms with Gasteiger partial charge in [-0.15, -0.1) is 0 Å². The molecule has 0 radical (unpaired) electrons. The molecule has 0 N–H and O–H groups in total. The van der Waals surface area contributed by atoms with Crippen LogP contribution in [0, 0.1) is 0 Å². The van der Waals surface area contributed by atoms with Gasteiger partial charge in [0.1, 0.15) is 5.78 Å². The number of hydrogen-bond donors (Lipinski definition) is 0. The number of Topliss-reactive ketones (excluding diaryl/α,β-unsaturated/α-hetero) is 1. The molecule has 0 unspecified atom stereocenters. The lowest BCUT2D eigenvalue weighted by Crippen LogP contribution is -2.22. The van der Waals surface area contributed by atoms with Crippen molar-refractivity contribution in [3.05, 3.63) is 72.1 Å². The van der Waals surface area contributed by atoms with Gasteiger partial charge in [0.05, 0.1) is 10.3 Å². The summed E-state index contributed by atoms with van der Waals surface area (Å²) in [5, 5.41) is 0. The smallest absolute Gasteiger partial charge is 0.231 e. The number of ketones is 1. The summed E-state index contributed by atoms with van der Waals surface area (Å²) in [6, 6.07) is 16.2. The number of ether oxygens (including phenoxy) is 2. The van der Waals surface area contributed by atoms with E-state index in [0.29, 0.717) is 17.2 Å². The van der Waals surface area contributed by atoms with Gasteiger partial charge in [0.2, 0.25) is 6.79 Å². The van der Waals surface area contributed by atoms with E-state index in [2.05, 4.69) is 4.98 Å². The van der Waals surface area contributed by atoms with Crippen LogP contribution in [0.15, 0.2) is 65.7 Å². The summed E-state index contributed by atoms with van der Waals surface area (Å²) < 4.78 is 34.4. The number of sulfone groups is 1. The van der Waals surface area contributed by atoms with Crippen LogP contribution in [0.1, 0.15) is 24.1 Å². The van der Waals surface area contributed by atoms with Crippen molar-refractivity contribution < 1.29 is 22.7 Å². The zero-order chi connectivity index (χ0) is 21.6. The largest absolute Gasteiger partial charge is 0.454 e. The number of fused-ring (bicyclic) bond motifs is 1. The molecule has 1 aliphatic carbocycles. The van der Waals surface area contributed by atoms with Crippen LogP contribution in [0.5, 0.6) is 11.5 Å². The molecule has 1 saturated carbocycles. The minimum atomic E-state index is -3.28. The van der Waals surface area contributed by atoms with E-state index < -0.39 is 15.3 Å². The van der Waals surface area contributed by atoms with E-state index in [9.17, 15) is 13.2 Å². The second-order valence-electron chi connectivity index (χ2n) is 8.09. The first-order chi connectivity index (χ1) is 14.8. The Morgan fingerprint density at radius 1 is 1.00 bits per heavy atom. The van der Waals surface area contributed by atoms with Gasteiger partial charge in [0.15, 0.2) is 21.3 Å². The van der Waals surface area contributed by atoms with Gasteiger partial charge in [0.25, 0.3) is 0 Å². The first kappa shape index (κ1) is 19.8. The number of hydrogen-bond acceptors (Lipinski definition) is 6. The van der Waals surface area contributed by atoms with E-state index in [-0.39, 0.29) is 23.9 Å². The third kappa shape index (κ3) is 3.70. The first-order valence-corrected chi connectivity index (χ1v) is 11.9. The van der Waals surface area contributed by atoms with E-state index in [1.165, 1.54) is 6.26 Å². The van der Waals surface area contributed by atoms with Gasteiger partial charge < -0.3 is 9.47 Å². The average molecular weight is 436 g/mol. The predicted octanol–water partition coefficient (Wildman–Crippen LogP) is 3.72. The van der Waals surface area contributed by atoms with E-state index in [4.69, 9.17) is 9.47 Å². The molecule has 31 heavy (non-hydrogen) atoms. The van der Waals surface area contributed by atoms with Crippen LogP contribution in [-0.2, 0) is 26.5 Å².